The van der Waals surface area contributed by atoms with E-state index < -0.39 is 21.7 Å². The molecule has 2 radical (unpaired) electrons. The van der Waals surface area contributed by atoms with Gasteiger partial charge in [-0.15, -0.1) is 0 Å². The summed E-state index contributed by atoms with van der Waals surface area (Å²) in [4.78, 5) is 24.4. The lowest BCUT2D eigenvalue weighted by Gasteiger charge is -2.37. The summed E-state index contributed by atoms with van der Waals surface area (Å²) in [5.74, 6) is -2.12. The fraction of sp³-hybridized carbons (Fsp3) is 0.250. The van der Waals surface area contributed by atoms with Crippen LogP contribution in [-0.4, -0.2) is 63.6 Å². The van der Waals surface area contributed by atoms with Crippen molar-refractivity contribution in [2.24, 2.45) is 0 Å². The first-order valence-corrected chi connectivity index (χ1v) is 13.2. The number of benzene rings is 1. The van der Waals surface area contributed by atoms with Gasteiger partial charge in [-0.05, 0) is 35.0 Å². The molecule has 0 bridgehead atoms. The number of rotatable bonds is 4. The average molecular weight is 524 g/mol. The van der Waals surface area contributed by atoms with Crippen LogP contribution in [-0.2, 0) is 23.0 Å². The number of nitrogens with one attached hydrogen (secondary N) is 1. The lowest BCUT2D eigenvalue weighted by Crippen LogP contribution is -2.43. The number of amides is 1. The van der Waals surface area contributed by atoms with Gasteiger partial charge in [0.05, 0.1) is 36.9 Å². The van der Waals surface area contributed by atoms with E-state index in [4.69, 9.17) is 7.98 Å². The summed E-state index contributed by atoms with van der Waals surface area (Å²) in [6.45, 7) is 4.15. The molecule has 37 heavy (non-hydrogen) atoms. The number of anilines is 4. The van der Waals surface area contributed by atoms with Crippen molar-refractivity contribution in [2.75, 3.05) is 40.4 Å². The third kappa shape index (κ3) is 4.22. The van der Waals surface area contributed by atoms with Gasteiger partial charge in [-0.1, -0.05) is 6.58 Å². The number of sulfonamides is 1. The van der Waals surface area contributed by atoms with Gasteiger partial charge < -0.3 is 19.6 Å². The van der Waals surface area contributed by atoms with Crippen LogP contribution >= 0.6 is 0 Å². The van der Waals surface area contributed by atoms with Crippen molar-refractivity contribution in [1.82, 2.24) is 14.9 Å². The molecule has 2 aliphatic rings. The molecule has 0 unspecified atom stereocenters. The molecule has 0 aliphatic carbocycles. The fourth-order valence-electron chi connectivity index (χ4n) is 4.74. The van der Waals surface area contributed by atoms with Crippen LogP contribution < -0.4 is 14.0 Å². The highest BCUT2D eigenvalue weighted by molar-refractivity contribution is 7.92. The molecule has 5 rings (SSSR count). The zero-order chi connectivity index (χ0) is 26.6. The number of fused-ring (bicyclic) bond motifs is 3. The highest BCUT2D eigenvalue weighted by atomic mass is 32.2. The second-order valence-corrected chi connectivity index (χ2v) is 10.9. The largest absolute Gasteiger partial charge is 0.421 e. The Labute approximate surface area is 214 Å². The number of carbonyl (C=O) groups excluding carboxylic acids is 1. The number of aromatic amines is 1. The minimum absolute atomic E-state index is 0.110. The topological polar surface area (TPSA) is 92.9 Å². The van der Waals surface area contributed by atoms with Gasteiger partial charge in [-0.2, -0.15) is 0 Å². The summed E-state index contributed by atoms with van der Waals surface area (Å²) in [5.41, 5.74) is 3.62. The summed E-state index contributed by atoms with van der Waals surface area (Å²) in [6, 6.07) is 4.12. The summed E-state index contributed by atoms with van der Waals surface area (Å²) >= 11 is 0. The number of H-pyrrole nitrogens is 1. The molecular formula is C24H23BF2N6O3S. The predicted octanol–water partition coefficient (Wildman–Crippen LogP) is 2.82. The molecule has 2 aliphatic heterocycles. The van der Waals surface area contributed by atoms with Gasteiger partial charge in [0.2, 0.25) is 18.0 Å². The Balaban J connectivity index is 1.75. The van der Waals surface area contributed by atoms with Gasteiger partial charge >= 0.3 is 0 Å². The Hall–Kier alpha value is -3.87. The van der Waals surface area contributed by atoms with Crippen molar-refractivity contribution in [3.05, 3.63) is 77.4 Å². The highest BCUT2D eigenvalue weighted by Crippen LogP contribution is 2.44. The molecule has 1 amide bonds. The normalized spacial score (nSPS) is 15.0. The molecule has 3 aromatic rings. The van der Waals surface area contributed by atoms with Crippen molar-refractivity contribution in [2.45, 2.75) is 13.0 Å². The maximum absolute atomic E-state index is 15.0. The Morgan fingerprint density at radius 2 is 1.95 bits per heavy atom. The minimum Gasteiger partial charge on any atom is -0.421 e. The van der Waals surface area contributed by atoms with E-state index in [-0.39, 0.29) is 37.8 Å². The second-order valence-electron chi connectivity index (χ2n) is 8.99. The number of nitrogens with zero attached hydrogens (tertiary/aromatic N) is 5. The van der Waals surface area contributed by atoms with Crippen LogP contribution in [0.3, 0.4) is 0 Å². The molecule has 0 saturated carbocycles. The van der Waals surface area contributed by atoms with Crippen molar-refractivity contribution < 1.29 is 22.0 Å². The number of pyridine rings is 1. The van der Waals surface area contributed by atoms with Gasteiger partial charge in [0, 0.05) is 38.0 Å². The Bertz CT molecular complexity index is 1540. The van der Waals surface area contributed by atoms with Crippen LogP contribution in [0, 0.1) is 11.6 Å². The van der Waals surface area contributed by atoms with Gasteiger partial charge in [0.1, 0.15) is 11.5 Å². The molecule has 1 N–H and O–H groups in total. The number of aromatic nitrogens is 2. The van der Waals surface area contributed by atoms with E-state index in [9.17, 15) is 17.6 Å². The quantitative estimate of drug-likeness (QED) is 0.528. The second kappa shape index (κ2) is 8.91. The molecule has 9 nitrogen and oxygen atoms in total. The molecule has 13 heteroatoms. The standard InChI is InChI=1S/C24H23BF2N6O3S/c1-4-30(2)24(34)22-17-7-14-8-21-20(32(25)5-6-33(21)37(3,35)36)10-19(14)31(13-15(17)11-28-22)23-18(27)9-16(26)12-29-23/h4,8-12,28H,1,5-7,13H2,2-3H3. The van der Waals surface area contributed by atoms with E-state index in [1.807, 2.05) is 0 Å². The maximum Gasteiger partial charge on any atom is 0.274 e. The van der Waals surface area contributed by atoms with Crippen LogP contribution in [0.1, 0.15) is 27.2 Å². The van der Waals surface area contributed by atoms with Crippen LogP contribution in [0.5, 0.6) is 0 Å². The first kappa shape index (κ1) is 24.8. The zero-order valence-electron chi connectivity index (χ0n) is 20.2. The number of halogens is 2. The van der Waals surface area contributed by atoms with Gasteiger partial charge in [0.25, 0.3) is 5.91 Å². The summed E-state index contributed by atoms with van der Waals surface area (Å²) in [5, 5.41) is 0. The smallest absolute Gasteiger partial charge is 0.274 e. The van der Waals surface area contributed by atoms with Crippen molar-refractivity contribution in [3.63, 3.8) is 0 Å². The van der Waals surface area contributed by atoms with Gasteiger partial charge in [0.15, 0.2) is 11.6 Å². The first-order chi connectivity index (χ1) is 17.5. The van der Waals surface area contributed by atoms with E-state index in [0.29, 0.717) is 39.4 Å². The Morgan fingerprint density at radius 3 is 2.62 bits per heavy atom. The van der Waals surface area contributed by atoms with E-state index in [0.717, 1.165) is 18.5 Å². The third-order valence-electron chi connectivity index (χ3n) is 6.62. The first-order valence-electron chi connectivity index (χ1n) is 11.3. The predicted molar refractivity (Wildman–Crippen MR) is 138 cm³/mol. The molecule has 0 saturated heterocycles. The van der Waals surface area contributed by atoms with Crippen molar-refractivity contribution >= 4 is 46.8 Å². The molecular weight excluding hydrogens is 501 g/mol. The van der Waals surface area contributed by atoms with Crippen LogP contribution in [0.25, 0.3) is 0 Å². The fourth-order valence-corrected chi connectivity index (χ4v) is 5.66. The molecule has 2 aromatic heterocycles. The van der Waals surface area contributed by atoms with E-state index >= 15 is 4.39 Å². The van der Waals surface area contributed by atoms with Crippen molar-refractivity contribution in [1.29, 1.82) is 0 Å². The monoisotopic (exact) mass is 524 g/mol. The summed E-state index contributed by atoms with van der Waals surface area (Å²) in [7, 11) is 4.18. The van der Waals surface area contributed by atoms with E-state index in [1.165, 1.54) is 20.2 Å². The lowest BCUT2D eigenvalue weighted by molar-refractivity contribution is 0.0844. The number of hydrogen-bond donors (Lipinski definition) is 1. The number of hydrogen-bond acceptors (Lipinski definition) is 6. The zero-order valence-corrected chi connectivity index (χ0v) is 21.0. The SMILES string of the molecule is [B]N1CCN(S(C)(=O)=O)c2cc3c(cc21)N(c1ncc(F)cc1F)Cc1c[nH]c(C(=O)N(C)C=C)c1C3. The maximum atomic E-state index is 15.0. The van der Waals surface area contributed by atoms with E-state index in [2.05, 4.69) is 16.5 Å². The Kier molecular flexibility index (Phi) is 5.97. The molecule has 0 spiro atoms. The molecule has 1 aromatic carbocycles. The van der Waals surface area contributed by atoms with Crippen molar-refractivity contribution in [3.8, 4) is 0 Å². The van der Waals surface area contributed by atoms with Gasteiger partial charge in [-0.3, -0.25) is 9.10 Å². The lowest BCUT2D eigenvalue weighted by atomic mass is 9.98. The molecule has 0 atom stereocenters. The van der Waals surface area contributed by atoms with Crippen LogP contribution in [0.4, 0.5) is 31.7 Å². The summed E-state index contributed by atoms with van der Waals surface area (Å²) in [6.07, 6.45) is 5.33. The average Bonchev–Trinajstić information content (AvgIpc) is 3.15. The molecule has 190 valence electrons. The molecule has 0 fully saturated rings. The van der Waals surface area contributed by atoms with Gasteiger partial charge in [-0.25, -0.2) is 22.2 Å². The number of carbonyl (C=O) groups is 1. The minimum atomic E-state index is -3.62. The molecule has 4 heterocycles. The summed E-state index contributed by atoms with van der Waals surface area (Å²) < 4.78 is 55.1. The Morgan fingerprint density at radius 1 is 1.19 bits per heavy atom. The highest BCUT2D eigenvalue weighted by Gasteiger charge is 2.33. The third-order valence-corrected chi connectivity index (χ3v) is 7.80. The van der Waals surface area contributed by atoms with Crippen LogP contribution in [0.2, 0.25) is 0 Å². The van der Waals surface area contributed by atoms with Crippen LogP contribution in [0.15, 0.2) is 43.4 Å². The van der Waals surface area contributed by atoms with E-state index in [1.54, 1.807) is 30.3 Å².